The van der Waals surface area contributed by atoms with Crippen molar-refractivity contribution in [2.45, 2.75) is 79.6 Å². The zero-order valence-corrected chi connectivity index (χ0v) is 17.8. The summed E-state index contributed by atoms with van der Waals surface area (Å²) < 4.78 is 5.83. The smallest absolute Gasteiger partial charge is 0.225 e. The molecule has 0 spiro atoms. The summed E-state index contributed by atoms with van der Waals surface area (Å²) in [6.07, 6.45) is 4.06. The highest BCUT2D eigenvalue weighted by molar-refractivity contribution is 5.81. The van der Waals surface area contributed by atoms with E-state index in [2.05, 4.69) is 42.9 Å². The van der Waals surface area contributed by atoms with Crippen molar-refractivity contribution in [3.63, 3.8) is 0 Å². The molecule has 1 saturated heterocycles. The Bertz CT molecular complexity index is 701. The quantitative estimate of drug-likeness (QED) is 0.860. The molecule has 150 valence electrons. The molecule has 1 aromatic heterocycles. The Balaban J connectivity index is 1.88. The van der Waals surface area contributed by atoms with Crippen LogP contribution in [-0.2, 0) is 16.0 Å². The van der Waals surface area contributed by atoms with E-state index in [0.29, 0.717) is 0 Å². The summed E-state index contributed by atoms with van der Waals surface area (Å²) >= 11 is 0. The Kier molecular flexibility index (Phi) is 5.23. The minimum Gasteiger partial charge on any atom is -0.372 e. The Morgan fingerprint density at radius 3 is 2.48 bits per heavy atom. The number of carbonyl (C=O) groups excluding carboxylic acids is 1. The number of ether oxygens (including phenoxy) is 1. The number of carbonyl (C=O) groups is 1. The first-order chi connectivity index (χ1) is 12.4. The third-order valence-corrected chi connectivity index (χ3v) is 5.35. The van der Waals surface area contributed by atoms with E-state index in [1.54, 1.807) is 0 Å². The number of aromatic nitrogens is 2. The summed E-state index contributed by atoms with van der Waals surface area (Å²) in [5.41, 5.74) is 1.79. The predicted molar refractivity (Wildman–Crippen MR) is 107 cm³/mol. The molecule has 27 heavy (non-hydrogen) atoms. The van der Waals surface area contributed by atoms with Crippen molar-refractivity contribution in [2.24, 2.45) is 10.8 Å². The standard InChI is InChI=1S/C21H34N4O2/c1-13-11-25(12-14(2)27-13)19-22-10-15-16(23-18(26)20(3,4)5)8-21(6,7)9-17(15)24-19/h10,13-14,16H,8-9,11-12H2,1-7H3,(H,23,26). The van der Waals surface area contributed by atoms with Crippen molar-refractivity contribution in [1.29, 1.82) is 0 Å². The SMILES string of the molecule is CC1CN(c2ncc3c(n2)CC(C)(C)CC3NC(=O)C(C)(C)C)CC(C)O1. The fourth-order valence-corrected chi connectivity index (χ4v) is 4.03. The maximum Gasteiger partial charge on any atom is 0.225 e. The third kappa shape index (κ3) is 4.60. The van der Waals surface area contributed by atoms with Crippen LogP contribution in [0, 0.1) is 10.8 Å². The van der Waals surface area contributed by atoms with Crippen LogP contribution in [-0.4, -0.2) is 41.2 Å². The second-order valence-electron chi connectivity index (χ2n) is 10.1. The maximum atomic E-state index is 12.6. The van der Waals surface area contributed by atoms with E-state index in [4.69, 9.17) is 9.72 Å². The molecule has 3 rings (SSSR count). The first-order valence-electron chi connectivity index (χ1n) is 10.0. The minimum absolute atomic E-state index is 0.0351. The van der Waals surface area contributed by atoms with E-state index in [0.717, 1.165) is 43.1 Å². The van der Waals surface area contributed by atoms with E-state index in [9.17, 15) is 4.79 Å². The van der Waals surface area contributed by atoms with Gasteiger partial charge in [0, 0.05) is 30.3 Å². The lowest BCUT2D eigenvalue weighted by molar-refractivity contribution is -0.129. The van der Waals surface area contributed by atoms with Crippen LogP contribution >= 0.6 is 0 Å². The number of hydrogen-bond acceptors (Lipinski definition) is 5. The van der Waals surface area contributed by atoms with Gasteiger partial charge in [-0.1, -0.05) is 34.6 Å². The second-order valence-corrected chi connectivity index (χ2v) is 10.1. The van der Waals surface area contributed by atoms with Crippen LogP contribution in [0.5, 0.6) is 0 Å². The molecule has 1 fully saturated rings. The predicted octanol–water partition coefficient (Wildman–Crippen LogP) is 3.27. The molecule has 2 aliphatic rings. The van der Waals surface area contributed by atoms with Gasteiger partial charge in [-0.3, -0.25) is 4.79 Å². The Labute approximate surface area is 163 Å². The number of morpholine rings is 1. The van der Waals surface area contributed by atoms with Gasteiger partial charge in [0.2, 0.25) is 11.9 Å². The number of hydrogen-bond donors (Lipinski definition) is 1. The number of fused-ring (bicyclic) bond motifs is 1. The molecule has 1 aliphatic carbocycles. The van der Waals surface area contributed by atoms with Crippen molar-refractivity contribution in [3.8, 4) is 0 Å². The van der Waals surface area contributed by atoms with Crippen molar-refractivity contribution in [1.82, 2.24) is 15.3 Å². The summed E-state index contributed by atoms with van der Waals surface area (Å²) in [4.78, 5) is 24.4. The van der Waals surface area contributed by atoms with Crippen LogP contribution in [0.1, 0.15) is 72.2 Å². The van der Waals surface area contributed by atoms with Crippen molar-refractivity contribution >= 4 is 11.9 Å². The van der Waals surface area contributed by atoms with Gasteiger partial charge in [0.1, 0.15) is 0 Å². The maximum absolute atomic E-state index is 12.6. The molecule has 6 nitrogen and oxygen atoms in total. The largest absolute Gasteiger partial charge is 0.372 e. The lowest BCUT2D eigenvalue weighted by Crippen LogP contribution is -2.46. The summed E-state index contributed by atoms with van der Waals surface area (Å²) in [5.74, 6) is 0.838. The van der Waals surface area contributed by atoms with Gasteiger partial charge in [-0.05, 0) is 32.1 Å². The highest BCUT2D eigenvalue weighted by atomic mass is 16.5. The highest BCUT2D eigenvalue weighted by Crippen LogP contribution is 2.40. The van der Waals surface area contributed by atoms with Crippen LogP contribution in [0.2, 0.25) is 0 Å². The van der Waals surface area contributed by atoms with Gasteiger partial charge in [0.05, 0.1) is 23.9 Å². The summed E-state index contributed by atoms with van der Waals surface area (Å²) in [6, 6.07) is -0.0351. The number of amides is 1. The van der Waals surface area contributed by atoms with Gasteiger partial charge in [0.15, 0.2) is 0 Å². The van der Waals surface area contributed by atoms with Gasteiger partial charge in [-0.15, -0.1) is 0 Å². The normalized spacial score (nSPS) is 27.8. The first-order valence-corrected chi connectivity index (χ1v) is 10.0. The van der Waals surface area contributed by atoms with E-state index in [1.165, 1.54) is 0 Å². The molecule has 0 aromatic carbocycles. The number of nitrogens with one attached hydrogen (secondary N) is 1. The number of anilines is 1. The molecule has 0 radical (unpaired) electrons. The van der Waals surface area contributed by atoms with Crippen LogP contribution < -0.4 is 10.2 Å². The molecule has 3 atom stereocenters. The third-order valence-electron chi connectivity index (χ3n) is 5.35. The zero-order chi connectivity index (χ0) is 20.0. The summed E-state index contributed by atoms with van der Waals surface area (Å²) in [7, 11) is 0. The van der Waals surface area contributed by atoms with E-state index in [-0.39, 0.29) is 29.6 Å². The minimum atomic E-state index is -0.414. The van der Waals surface area contributed by atoms with Crippen LogP contribution in [0.25, 0.3) is 0 Å². The van der Waals surface area contributed by atoms with Gasteiger partial charge < -0.3 is 15.0 Å². The molecular weight excluding hydrogens is 340 g/mol. The fraction of sp³-hybridized carbons (Fsp3) is 0.762. The lowest BCUT2D eigenvalue weighted by Gasteiger charge is -2.39. The Morgan fingerprint density at radius 1 is 1.26 bits per heavy atom. The van der Waals surface area contributed by atoms with Crippen molar-refractivity contribution in [3.05, 3.63) is 17.5 Å². The van der Waals surface area contributed by atoms with Crippen molar-refractivity contribution in [2.75, 3.05) is 18.0 Å². The fourth-order valence-electron chi connectivity index (χ4n) is 4.03. The van der Waals surface area contributed by atoms with Gasteiger partial charge >= 0.3 is 0 Å². The molecule has 0 saturated carbocycles. The number of nitrogens with zero attached hydrogens (tertiary/aromatic N) is 3. The molecule has 1 N–H and O–H groups in total. The van der Waals surface area contributed by atoms with Gasteiger partial charge in [-0.2, -0.15) is 0 Å². The van der Waals surface area contributed by atoms with Gasteiger partial charge in [-0.25, -0.2) is 9.97 Å². The number of rotatable bonds is 2. The average molecular weight is 375 g/mol. The molecule has 6 heteroatoms. The molecule has 0 bridgehead atoms. The monoisotopic (exact) mass is 374 g/mol. The van der Waals surface area contributed by atoms with Crippen LogP contribution in [0.3, 0.4) is 0 Å². The lowest BCUT2D eigenvalue weighted by atomic mass is 9.74. The van der Waals surface area contributed by atoms with Crippen molar-refractivity contribution < 1.29 is 9.53 Å². The van der Waals surface area contributed by atoms with E-state index < -0.39 is 5.41 Å². The van der Waals surface area contributed by atoms with E-state index in [1.807, 2.05) is 27.0 Å². The molecule has 3 unspecified atom stereocenters. The highest BCUT2D eigenvalue weighted by Gasteiger charge is 2.36. The molecule has 2 heterocycles. The first kappa shape index (κ1) is 20.1. The molecule has 1 aliphatic heterocycles. The second kappa shape index (κ2) is 7.04. The van der Waals surface area contributed by atoms with Crippen LogP contribution in [0.15, 0.2) is 6.20 Å². The topological polar surface area (TPSA) is 67.4 Å². The summed E-state index contributed by atoms with van der Waals surface area (Å²) in [6.45, 7) is 16.1. The molecule has 1 amide bonds. The molecule has 1 aromatic rings. The van der Waals surface area contributed by atoms with Crippen LogP contribution in [0.4, 0.5) is 5.95 Å². The van der Waals surface area contributed by atoms with E-state index >= 15 is 0 Å². The summed E-state index contributed by atoms with van der Waals surface area (Å²) in [5, 5.41) is 3.23. The Morgan fingerprint density at radius 2 is 1.89 bits per heavy atom. The molecular formula is C21H34N4O2. The zero-order valence-electron chi connectivity index (χ0n) is 17.8. The average Bonchev–Trinajstić information content (AvgIpc) is 2.51. The van der Waals surface area contributed by atoms with Gasteiger partial charge in [0.25, 0.3) is 0 Å². The Hall–Kier alpha value is -1.69.